The number of fused-ring (bicyclic) bond motifs is 1. The predicted octanol–water partition coefficient (Wildman–Crippen LogP) is 3.42. The molecular formula is C23H26FN7O. The molecule has 3 aromatic rings. The highest BCUT2D eigenvalue weighted by atomic mass is 19.1. The molecule has 8 nitrogen and oxygen atoms in total. The van der Waals surface area contributed by atoms with Gasteiger partial charge in [-0.2, -0.15) is 10.1 Å². The van der Waals surface area contributed by atoms with E-state index in [2.05, 4.69) is 25.6 Å². The lowest BCUT2D eigenvalue weighted by molar-refractivity contribution is -0.117. The molecule has 1 saturated carbocycles. The van der Waals surface area contributed by atoms with Gasteiger partial charge >= 0.3 is 0 Å². The Labute approximate surface area is 185 Å². The molecule has 1 aliphatic carbocycles. The summed E-state index contributed by atoms with van der Waals surface area (Å²) in [6.45, 7) is 3.98. The van der Waals surface area contributed by atoms with Gasteiger partial charge in [0.2, 0.25) is 11.9 Å². The van der Waals surface area contributed by atoms with Gasteiger partial charge < -0.3 is 15.5 Å². The van der Waals surface area contributed by atoms with Crippen LogP contribution >= 0.6 is 0 Å². The Morgan fingerprint density at radius 2 is 2.00 bits per heavy atom. The Balaban J connectivity index is 1.27. The maximum Gasteiger partial charge on any atom is 0.247 e. The first-order valence-corrected chi connectivity index (χ1v) is 11.0. The Morgan fingerprint density at radius 1 is 1.19 bits per heavy atom. The number of hydrogen-bond donors (Lipinski definition) is 2. The lowest BCUT2D eigenvalue weighted by atomic mass is 10.1. The molecule has 0 radical (unpaired) electrons. The molecule has 1 amide bonds. The van der Waals surface area contributed by atoms with E-state index in [-0.39, 0.29) is 17.8 Å². The van der Waals surface area contributed by atoms with Crippen molar-refractivity contribution < 1.29 is 9.18 Å². The minimum Gasteiger partial charge on any atom is -0.350 e. The first-order valence-electron chi connectivity index (χ1n) is 11.0. The number of carbonyl (C=O) groups is 1. The zero-order chi connectivity index (χ0) is 22.1. The van der Waals surface area contributed by atoms with Crippen LogP contribution in [0.3, 0.4) is 0 Å². The summed E-state index contributed by atoms with van der Waals surface area (Å²) in [7, 11) is 0. The van der Waals surface area contributed by atoms with Gasteiger partial charge in [0, 0.05) is 24.8 Å². The number of amides is 1. The number of carbonyl (C=O) groups excluding carboxylic acids is 1. The molecule has 1 aromatic carbocycles. The Hall–Kier alpha value is -3.49. The number of hydrogen-bond acceptors (Lipinski definition) is 6. The van der Waals surface area contributed by atoms with Crippen molar-refractivity contribution in [3.8, 4) is 0 Å². The number of anilines is 3. The molecule has 2 aliphatic rings. The topological polar surface area (TPSA) is 88.0 Å². The summed E-state index contributed by atoms with van der Waals surface area (Å²) < 4.78 is 14.9. The zero-order valence-corrected chi connectivity index (χ0v) is 18.0. The molecule has 0 spiro atoms. The highest BCUT2D eigenvalue weighted by Crippen LogP contribution is 2.37. The number of nitrogens with zero attached hydrogens (tertiary/aromatic N) is 5. The minimum atomic E-state index is -0.246. The maximum absolute atomic E-state index is 13.1. The molecule has 5 rings (SSSR count). The van der Waals surface area contributed by atoms with Crippen molar-refractivity contribution in [2.45, 2.75) is 45.3 Å². The number of aromatic nitrogens is 4. The number of benzene rings is 1. The quantitative estimate of drug-likeness (QED) is 0.564. The predicted molar refractivity (Wildman–Crippen MR) is 120 cm³/mol. The molecule has 0 saturated heterocycles. The van der Waals surface area contributed by atoms with Crippen molar-refractivity contribution in [1.82, 2.24) is 19.7 Å². The van der Waals surface area contributed by atoms with Gasteiger partial charge in [0.25, 0.3) is 0 Å². The first kappa shape index (κ1) is 20.4. The lowest BCUT2D eigenvalue weighted by Crippen LogP contribution is -2.49. The number of halogens is 1. The molecule has 1 fully saturated rings. The Kier molecular flexibility index (Phi) is 5.46. The normalized spacial score (nSPS) is 17.8. The summed E-state index contributed by atoms with van der Waals surface area (Å²) in [4.78, 5) is 23.7. The molecule has 166 valence electrons. The minimum absolute atomic E-state index is 0.0125. The van der Waals surface area contributed by atoms with Gasteiger partial charge in [-0.15, -0.1) is 0 Å². The van der Waals surface area contributed by atoms with Crippen LogP contribution in [0, 0.1) is 11.7 Å². The molecule has 2 N–H and O–H groups in total. The third kappa shape index (κ3) is 4.42. The SMILES string of the molecule is CC[C@@H]1C(=O)Nc2cnc(NCc3cnn(Cc4ccc(F)cc4)c3)nc2N1CC1CC1. The van der Waals surface area contributed by atoms with Crippen LogP contribution in [0.5, 0.6) is 0 Å². The molecular weight excluding hydrogens is 409 g/mol. The maximum atomic E-state index is 13.1. The van der Waals surface area contributed by atoms with Gasteiger partial charge in [-0.05, 0) is 42.9 Å². The summed E-state index contributed by atoms with van der Waals surface area (Å²) >= 11 is 0. The van der Waals surface area contributed by atoms with Crippen molar-refractivity contribution in [3.05, 3.63) is 59.8 Å². The lowest BCUT2D eigenvalue weighted by Gasteiger charge is -2.36. The summed E-state index contributed by atoms with van der Waals surface area (Å²) in [5.74, 6) is 1.71. The molecule has 1 aliphatic heterocycles. The highest BCUT2D eigenvalue weighted by Gasteiger charge is 2.36. The van der Waals surface area contributed by atoms with Crippen LogP contribution < -0.4 is 15.5 Å². The third-order valence-corrected chi connectivity index (χ3v) is 5.91. The molecule has 3 heterocycles. The third-order valence-electron chi connectivity index (χ3n) is 5.91. The molecule has 2 aromatic heterocycles. The highest BCUT2D eigenvalue weighted by molar-refractivity contribution is 6.02. The average molecular weight is 436 g/mol. The van der Waals surface area contributed by atoms with E-state index in [0.29, 0.717) is 30.6 Å². The Morgan fingerprint density at radius 3 is 2.75 bits per heavy atom. The van der Waals surface area contributed by atoms with Gasteiger partial charge in [-0.1, -0.05) is 19.1 Å². The number of nitrogens with one attached hydrogen (secondary N) is 2. The standard InChI is InChI=1S/C23H26FN7O/c1-2-20-22(32)28-19-11-26-23(29-21(19)31(20)14-16-3-4-16)25-9-17-10-27-30(13-17)12-15-5-7-18(24)8-6-15/h5-8,10-11,13,16,20H,2-4,9,12,14H2,1H3,(H,28,32)(H,25,26,29)/t20-/m1/s1. The van der Waals surface area contributed by atoms with Crippen molar-refractivity contribution in [2.75, 3.05) is 22.1 Å². The van der Waals surface area contributed by atoms with Crippen molar-refractivity contribution in [1.29, 1.82) is 0 Å². The number of rotatable bonds is 8. The summed E-state index contributed by atoms with van der Waals surface area (Å²) in [5.41, 5.74) is 2.64. The monoisotopic (exact) mass is 435 g/mol. The van der Waals surface area contributed by atoms with E-state index in [1.807, 2.05) is 17.8 Å². The smallest absolute Gasteiger partial charge is 0.247 e. The zero-order valence-electron chi connectivity index (χ0n) is 18.0. The molecule has 9 heteroatoms. The van der Waals surface area contributed by atoms with Crippen LogP contribution in [0.25, 0.3) is 0 Å². The Bertz CT molecular complexity index is 1110. The van der Waals surface area contributed by atoms with Crippen LogP contribution in [0.15, 0.2) is 42.9 Å². The van der Waals surface area contributed by atoms with Crippen molar-refractivity contribution >= 4 is 23.4 Å². The van der Waals surface area contributed by atoms with Crippen molar-refractivity contribution in [3.63, 3.8) is 0 Å². The van der Waals surface area contributed by atoms with E-state index in [0.717, 1.165) is 29.9 Å². The van der Waals surface area contributed by atoms with Gasteiger partial charge in [0.1, 0.15) is 17.5 Å². The van der Waals surface area contributed by atoms with E-state index in [4.69, 9.17) is 4.98 Å². The van der Waals surface area contributed by atoms with Gasteiger partial charge in [-0.3, -0.25) is 9.48 Å². The largest absolute Gasteiger partial charge is 0.350 e. The summed E-state index contributed by atoms with van der Waals surface area (Å²) in [6.07, 6.45) is 8.57. The van der Waals surface area contributed by atoms with Crippen LogP contribution in [-0.4, -0.2) is 38.2 Å². The molecule has 0 unspecified atom stereocenters. The van der Waals surface area contributed by atoms with Crippen LogP contribution in [-0.2, 0) is 17.9 Å². The van der Waals surface area contributed by atoms with E-state index in [1.165, 1.54) is 25.0 Å². The summed E-state index contributed by atoms with van der Waals surface area (Å²) in [6, 6.07) is 6.21. The summed E-state index contributed by atoms with van der Waals surface area (Å²) in [5, 5.41) is 10.6. The van der Waals surface area contributed by atoms with Crippen LogP contribution in [0.2, 0.25) is 0 Å². The van der Waals surface area contributed by atoms with E-state index in [9.17, 15) is 9.18 Å². The van der Waals surface area contributed by atoms with E-state index < -0.39 is 0 Å². The second kappa shape index (κ2) is 8.57. The molecule has 0 bridgehead atoms. The fraction of sp³-hybridized carbons (Fsp3) is 0.391. The van der Waals surface area contributed by atoms with Crippen LogP contribution in [0.1, 0.15) is 37.3 Å². The first-order chi connectivity index (χ1) is 15.6. The van der Waals surface area contributed by atoms with Crippen LogP contribution in [0.4, 0.5) is 21.8 Å². The average Bonchev–Trinajstić information content (AvgIpc) is 3.50. The molecule has 32 heavy (non-hydrogen) atoms. The fourth-order valence-corrected chi connectivity index (χ4v) is 4.01. The van der Waals surface area contributed by atoms with Gasteiger partial charge in [0.05, 0.1) is 18.9 Å². The van der Waals surface area contributed by atoms with Crippen molar-refractivity contribution in [2.24, 2.45) is 5.92 Å². The second-order valence-electron chi connectivity index (χ2n) is 8.47. The van der Waals surface area contributed by atoms with E-state index >= 15 is 0 Å². The fourth-order valence-electron chi connectivity index (χ4n) is 4.01. The second-order valence-corrected chi connectivity index (χ2v) is 8.47. The van der Waals surface area contributed by atoms with E-state index in [1.54, 1.807) is 24.5 Å². The molecule has 1 atom stereocenters. The van der Waals surface area contributed by atoms with Gasteiger partial charge in [-0.25, -0.2) is 9.37 Å². The van der Waals surface area contributed by atoms with Gasteiger partial charge in [0.15, 0.2) is 5.82 Å².